The number of benzene rings is 1. The predicted octanol–water partition coefficient (Wildman–Crippen LogP) is 3.31. The van der Waals surface area contributed by atoms with Gasteiger partial charge in [-0.05, 0) is 43.4 Å². The molecule has 0 atom stereocenters. The average Bonchev–Trinajstić information content (AvgIpc) is 2.69. The number of nitrogens with zero attached hydrogens (tertiary/aromatic N) is 2. The SMILES string of the molecule is COc1cncc(OC2CCC(NS(=O)(=O)Cc3ccc(C(F)(F)F)cc3)CC2)n1. The van der Waals surface area contributed by atoms with Crippen LogP contribution in [0.4, 0.5) is 13.2 Å². The van der Waals surface area contributed by atoms with E-state index in [0.29, 0.717) is 43.0 Å². The van der Waals surface area contributed by atoms with E-state index in [9.17, 15) is 21.6 Å². The normalized spacial score (nSPS) is 20.0. The molecule has 1 aliphatic rings. The summed E-state index contributed by atoms with van der Waals surface area (Å²) in [6.45, 7) is 0. The van der Waals surface area contributed by atoms with Gasteiger partial charge >= 0.3 is 6.18 Å². The van der Waals surface area contributed by atoms with Gasteiger partial charge in [-0.2, -0.15) is 18.2 Å². The summed E-state index contributed by atoms with van der Waals surface area (Å²) in [5.41, 5.74) is -0.514. The van der Waals surface area contributed by atoms with Crippen LogP contribution < -0.4 is 14.2 Å². The summed E-state index contributed by atoms with van der Waals surface area (Å²) in [5.74, 6) is 0.318. The summed E-state index contributed by atoms with van der Waals surface area (Å²) in [7, 11) is -2.20. The van der Waals surface area contributed by atoms with Crippen LogP contribution in [0.1, 0.15) is 36.8 Å². The van der Waals surface area contributed by atoms with Crippen LogP contribution >= 0.6 is 0 Å². The summed E-state index contributed by atoms with van der Waals surface area (Å²) in [6.07, 6.45) is 0.812. The molecule has 1 aromatic heterocycles. The first-order chi connectivity index (χ1) is 14.1. The van der Waals surface area contributed by atoms with Gasteiger partial charge in [0.05, 0.1) is 30.8 Å². The average molecular weight is 445 g/mol. The van der Waals surface area contributed by atoms with Gasteiger partial charge in [0.1, 0.15) is 6.10 Å². The van der Waals surface area contributed by atoms with Gasteiger partial charge in [-0.15, -0.1) is 0 Å². The van der Waals surface area contributed by atoms with E-state index in [4.69, 9.17) is 9.47 Å². The van der Waals surface area contributed by atoms with Crippen LogP contribution in [0.25, 0.3) is 0 Å². The lowest BCUT2D eigenvalue weighted by atomic mass is 9.94. The summed E-state index contributed by atoms with van der Waals surface area (Å²) >= 11 is 0. The highest BCUT2D eigenvalue weighted by atomic mass is 32.2. The second-order valence-corrected chi connectivity index (χ2v) is 8.82. The van der Waals surface area contributed by atoms with Crippen molar-refractivity contribution >= 4 is 10.0 Å². The van der Waals surface area contributed by atoms with E-state index in [1.807, 2.05) is 0 Å². The number of aromatic nitrogens is 2. The Balaban J connectivity index is 1.49. The van der Waals surface area contributed by atoms with Gasteiger partial charge < -0.3 is 9.47 Å². The molecule has 0 spiro atoms. The number of methoxy groups -OCH3 is 1. The molecule has 1 saturated carbocycles. The van der Waals surface area contributed by atoms with Crippen molar-refractivity contribution in [2.45, 2.75) is 49.8 Å². The molecule has 1 fully saturated rings. The van der Waals surface area contributed by atoms with E-state index >= 15 is 0 Å². The molecule has 7 nitrogen and oxygen atoms in total. The number of sulfonamides is 1. The molecule has 30 heavy (non-hydrogen) atoms. The Morgan fingerprint density at radius 1 is 1.07 bits per heavy atom. The molecule has 0 radical (unpaired) electrons. The second-order valence-electron chi connectivity index (χ2n) is 7.06. The van der Waals surface area contributed by atoms with Gasteiger partial charge in [-0.25, -0.2) is 13.1 Å². The van der Waals surface area contributed by atoms with Crippen molar-refractivity contribution in [3.8, 4) is 11.8 Å². The Kier molecular flexibility index (Phi) is 6.81. The molecule has 1 heterocycles. The fraction of sp³-hybridized carbons (Fsp3) is 0.474. The van der Waals surface area contributed by atoms with Crippen LogP contribution in [0.5, 0.6) is 11.8 Å². The van der Waals surface area contributed by atoms with Crippen molar-refractivity contribution in [2.24, 2.45) is 0 Å². The highest BCUT2D eigenvalue weighted by Gasteiger charge is 2.30. The van der Waals surface area contributed by atoms with Crippen molar-refractivity contribution < 1.29 is 31.1 Å². The molecule has 2 aromatic rings. The Morgan fingerprint density at radius 3 is 2.30 bits per heavy atom. The van der Waals surface area contributed by atoms with E-state index < -0.39 is 21.8 Å². The first-order valence-corrected chi connectivity index (χ1v) is 11.0. The molecular formula is C19H22F3N3O4S. The minimum Gasteiger partial charge on any atom is -0.480 e. The largest absolute Gasteiger partial charge is 0.480 e. The highest BCUT2D eigenvalue weighted by Crippen LogP contribution is 2.29. The maximum atomic E-state index is 12.6. The summed E-state index contributed by atoms with van der Waals surface area (Å²) < 4.78 is 76.1. The zero-order valence-corrected chi connectivity index (χ0v) is 17.0. The van der Waals surface area contributed by atoms with Crippen molar-refractivity contribution in [3.63, 3.8) is 0 Å². The zero-order valence-electron chi connectivity index (χ0n) is 16.2. The lowest BCUT2D eigenvalue weighted by Crippen LogP contribution is -2.40. The van der Waals surface area contributed by atoms with Gasteiger partial charge in [-0.1, -0.05) is 12.1 Å². The molecular weight excluding hydrogens is 423 g/mol. The Morgan fingerprint density at radius 2 is 1.70 bits per heavy atom. The zero-order chi connectivity index (χ0) is 21.8. The van der Waals surface area contributed by atoms with Crippen molar-refractivity contribution in [1.82, 2.24) is 14.7 Å². The summed E-state index contributed by atoms with van der Waals surface area (Å²) in [5, 5.41) is 0. The van der Waals surface area contributed by atoms with E-state index in [1.54, 1.807) is 0 Å². The Bertz CT molecular complexity index is 944. The number of nitrogens with one attached hydrogen (secondary N) is 1. The molecule has 0 unspecified atom stereocenters. The number of rotatable bonds is 7. The lowest BCUT2D eigenvalue weighted by molar-refractivity contribution is -0.137. The molecule has 1 aliphatic carbocycles. The van der Waals surface area contributed by atoms with Crippen LogP contribution in [-0.2, 0) is 22.0 Å². The van der Waals surface area contributed by atoms with Crippen molar-refractivity contribution in [2.75, 3.05) is 7.11 Å². The molecule has 0 amide bonds. The minimum atomic E-state index is -4.45. The topological polar surface area (TPSA) is 90.4 Å². The van der Waals surface area contributed by atoms with Gasteiger partial charge in [-0.3, -0.25) is 4.98 Å². The maximum absolute atomic E-state index is 12.6. The number of hydrogen-bond donors (Lipinski definition) is 1. The number of alkyl halides is 3. The smallest absolute Gasteiger partial charge is 0.416 e. The van der Waals surface area contributed by atoms with Gasteiger partial charge in [0.25, 0.3) is 0 Å². The predicted molar refractivity (Wildman–Crippen MR) is 102 cm³/mol. The molecule has 0 aliphatic heterocycles. The summed E-state index contributed by atoms with van der Waals surface area (Å²) in [4.78, 5) is 8.12. The fourth-order valence-corrected chi connectivity index (χ4v) is 4.72. The van der Waals surface area contributed by atoms with E-state index in [-0.39, 0.29) is 17.9 Å². The lowest BCUT2D eigenvalue weighted by Gasteiger charge is -2.29. The molecule has 0 bridgehead atoms. The minimum absolute atomic E-state index is 0.109. The first-order valence-electron chi connectivity index (χ1n) is 9.33. The van der Waals surface area contributed by atoms with Crippen molar-refractivity contribution in [3.05, 3.63) is 47.8 Å². The van der Waals surface area contributed by atoms with Gasteiger partial charge in [0, 0.05) is 6.04 Å². The third-order valence-corrected chi connectivity index (χ3v) is 6.15. The maximum Gasteiger partial charge on any atom is 0.416 e. The molecule has 1 N–H and O–H groups in total. The van der Waals surface area contributed by atoms with Crippen molar-refractivity contribution in [1.29, 1.82) is 0 Å². The van der Waals surface area contributed by atoms with E-state index in [0.717, 1.165) is 12.1 Å². The third-order valence-electron chi connectivity index (χ3n) is 4.75. The second kappa shape index (κ2) is 9.17. The molecule has 0 saturated heterocycles. The Hall–Kier alpha value is -2.40. The molecule has 11 heteroatoms. The van der Waals surface area contributed by atoms with Crippen LogP contribution in [0.2, 0.25) is 0 Å². The monoisotopic (exact) mass is 445 g/mol. The van der Waals surface area contributed by atoms with E-state index in [1.165, 1.54) is 31.6 Å². The standard InChI is InChI=1S/C19H22F3N3O4S/c1-28-17-10-23-11-18(24-17)29-16-8-6-15(7-9-16)25-30(26,27)12-13-2-4-14(5-3-13)19(20,21)22/h2-5,10-11,15-16,25H,6-9,12H2,1H3. The summed E-state index contributed by atoms with van der Waals surface area (Å²) in [6, 6.07) is 3.88. The van der Waals surface area contributed by atoms with Gasteiger partial charge in [0.2, 0.25) is 21.8 Å². The van der Waals surface area contributed by atoms with Crippen LogP contribution in [0.15, 0.2) is 36.7 Å². The van der Waals surface area contributed by atoms with Crippen LogP contribution in [0, 0.1) is 0 Å². The Labute approximate surface area is 172 Å². The van der Waals surface area contributed by atoms with Gasteiger partial charge in [0.15, 0.2) is 0 Å². The number of halogens is 3. The van der Waals surface area contributed by atoms with Crippen LogP contribution in [0.3, 0.4) is 0 Å². The fourth-order valence-electron chi connectivity index (χ4n) is 3.26. The first kappa shape index (κ1) is 22.3. The molecule has 164 valence electrons. The third kappa shape index (κ3) is 6.30. The van der Waals surface area contributed by atoms with Crippen LogP contribution in [-0.4, -0.2) is 37.6 Å². The number of hydrogen-bond acceptors (Lipinski definition) is 6. The molecule has 3 rings (SSSR count). The quantitative estimate of drug-likeness (QED) is 0.703. The number of ether oxygens (including phenoxy) is 2. The molecule has 1 aromatic carbocycles. The highest BCUT2D eigenvalue weighted by molar-refractivity contribution is 7.88. The van der Waals surface area contributed by atoms with E-state index in [2.05, 4.69) is 14.7 Å².